The van der Waals surface area contributed by atoms with Crippen molar-refractivity contribution in [3.05, 3.63) is 6.33 Å². The van der Waals surface area contributed by atoms with Crippen molar-refractivity contribution in [3.63, 3.8) is 0 Å². The molecule has 2 aromatic heterocycles. The molecule has 2 aromatic rings. The van der Waals surface area contributed by atoms with E-state index in [4.69, 9.17) is 28.8 Å². The maximum Gasteiger partial charge on any atom is 0.475 e. The number of nitrogens with two attached hydrogens (primary N) is 1. The molecule has 4 heterocycles. The Morgan fingerprint density at radius 3 is 2.83 bits per heavy atom. The first-order chi connectivity index (χ1) is 14.0. The average molecular weight is 449 g/mol. The number of halogens is 2. The van der Waals surface area contributed by atoms with Crippen molar-refractivity contribution in [3.8, 4) is 5.88 Å². The number of nitrogens with zero attached hydrogens (tertiary/aromatic N) is 4. The van der Waals surface area contributed by atoms with Crippen LogP contribution in [0, 0.1) is 0 Å². The third-order valence-electron chi connectivity index (χ3n) is 4.63. The second-order valence-corrected chi connectivity index (χ2v) is 8.99. The normalized spacial score (nSPS) is 36.4. The summed E-state index contributed by atoms with van der Waals surface area (Å²) in [6.07, 6.45) is -2.83. The van der Waals surface area contributed by atoms with Crippen LogP contribution in [0.5, 0.6) is 5.88 Å². The predicted octanol–water partition coefficient (Wildman–Crippen LogP) is 2.68. The van der Waals surface area contributed by atoms with Crippen molar-refractivity contribution in [2.75, 3.05) is 18.9 Å². The van der Waals surface area contributed by atoms with Gasteiger partial charge >= 0.3 is 7.82 Å². The summed E-state index contributed by atoms with van der Waals surface area (Å²) in [6.45, 7) is 5.42. The van der Waals surface area contributed by atoms with E-state index in [1.54, 1.807) is 20.8 Å². The van der Waals surface area contributed by atoms with E-state index in [-0.39, 0.29) is 29.6 Å². The standard InChI is InChI=1S/C16H22F2N5O6P/c1-5-25-11-9-10(21-14(19)22-11)23(7-20-9)13-15(4,17)12-16(18,27-13)6-26-30(24,29-12)28-8(2)3/h7-8,12-13H,5-6H2,1-4H3,(H2,19,21,22)/t12?,13-,15-,16-,30-/m1/s1. The highest BCUT2D eigenvalue weighted by molar-refractivity contribution is 7.48. The highest BCUT2D eigenvalue weighted by Crippen LogP contribution is 2.63. The SMILES string of the molecule is CCOc1nc(N)nc2c1ncn2[C@@H]1O[C@]2(F)CO[P@](=O)(OC(C)C)OC2[C@@]1(C)F. The zero-order valence-corrected chi connectivity index (χ0v) is 17.6. The summed E-state index contributed by atoms with van der Waals surface area (Å²) >= 11 is 0. The van der Waals surface area contributed by atoms with Crippen LogP contribution in [0.1, 0.15) is 33.9 Å². The van der Waals surface area contributed by atoms with Gasteiger partial charge in [0, 0.05) is 0 Å². The van der Waals surface area contributed by atoms with E-state index in [0.717, 1.165) is 11.5 Å². The molecule has 14 heteroatoms. The number of anilines is 1. The summed E-state index contributed by atoms with van der Waals surface area (Å²) in [7, 11) is -4.19. The van der Waals surface area contributed by atoms with E-state index in [1.165, 1.54) is 6.33 Å². The summed E-state index contributed by atoms with van der Waals surface area (Å²) < 4.78 is 71.2. The van der Waals surface area contributed by atoms with E-state index in [0.29, 0.717) is 0 Å². The van der Waals surface area contributed by atoms with E-state index >= 15 is 8.78 Å². The molecule has 5 atom stereocenters. The van der Waals surface area contributed by atoms with Crippen molar-refractivity contribution in [2.24, 2.45) is 0 Å². The Morgan fingerprint density at radius 2 is 2.17 bits per heavy atom. The molecule has 4 rings (SSSR count). The number of phosphoric acid groups is 1. The molecular weight excluding hydrogens is 427 g/mol. The molecule has 0 radical (unpaired) electrons. The third kappa shape index (κ3) is 3.34. The molecule has 2 N–H and O–H groups in total. The van der Waals surface area contributed by atoms with Crippen LogP contribution >= 0.6 is 7.82 Å². The molecule has 1 unspecified atom stereocenters. The number of hydrogen-bond acceptors (Lipinski definition) is 10. The molecule has 0 aromatic carbocycles. The molecule has 11 nitrogen and oxygen atoms in total. The van der Waals surface area contributed by atoms with Crippen molar-refractivity contribution in [1.82, 2.24) is 19.5 Å². The van der Waals surface area contributed by atoms with Gasteiger partial charge < -0.3 is 15.2 Å². The third-order valence-corrected chi connectivity index (χ3v) is 6.22. The van der Waals surface area contributed by atoms with Gasteiger partial charge in [-0.05, 0) is 27.7 Å². The van der Waals surface area contributed by atoms with Crippen LogP contribution in [-0.4, -0.2) is 56.5 Å². The van der Waals surface area contributed by atoms with Gasteiger partial charge in [0.15, 0.2) is 29.2 Å². The number of imidazole rings is 1. The van der Waals surface area contributed by atoms with Crippen molar-refractivity contribution < 1.29 is 36.4 Å². The number of fused-ring (bicyclic) bond motifs is 2. The Balaban J connectivity index is 1.74. The van der Waals surface area contributed by atoms with Crippen LogP contribution < -0.4 is 10.5 Å². The fourth-order valence-electron chi connectivity index (χ4n) is 3.49. The van der Waals surface area contributed by atoms with Crippen molar-refractivity contribution in [1.29, 1.82) is 0 Å². The molecular formula is C16H22F2N5O6P. The van der Waals surface area contributed by atoms with Gasteiger partial charge in [0.1, 0.15) is 6.61 Å². The Kier molecular flexibility index (Phi) is 5.02. The maximum atomic E-state index is 15.9. The highest BCUT2D eigenvalue weighted by atomic mass is 31.2. The fourth-order valence-corrected chi connectivity index (χ4v) is 5.13. The first-order valence-electron chi connectivity index (χ1n) is 9.29. The summed E-state index contributed by atoms with van der Waals surface area (Å²) in [6, 6.07) is 0. The molecule has 0 saturated carbocycles. The molecule has 0 aliphatic carbocycles. The van der Waals surface area contributed by atoms with Gasteiger partial charge in [-0.1, -0.05) is 0 Å². The first kappa shape index (κ1) is 21.3. The van der Waals surface area contributed by atoms with Gasteiger partial charge in [0.2, 0.25) is 11.8 Å². The van der Waals surface area contributed by atoms with Gasteiger partial charge in [-0.2, -0.15) is 9.97 Å². The Labute approximate surface area is 170 Å². The molecule has 30 heavy (non-hydrogen) atoms. The number of nitrogen functional groups attached to an aromatic ring is 1. The lowest BCUT2D eigenvalue weighted by molar-refractivity contribution is -0.220. The average Bonchev–Trinajstić information content (AvgIpc) is 3.13. The van der Waals surface area contributed by atoms with Crippen molar-refractivity contribution >= 4 is 24.9 Å². The number of alkyl halides is 2. The van der Waals surface area contributed by atoms with Gasteiger partial charge in [-0.3, -0.25) is 18.1 Å². The van der Waals surface area contributed by atoms with E-state index in [1.807, 2.05) is 0 Å². The van der Waals surface area contributed by atoms with Crippen LogP contribution in [-0.2, 0) is 22.9 Å². The Hall–Kier alpha value is -1.92. The second-order valence-electron chi connectivity index (χ2n) is 7.41. The van der Waals surface area contributed by atoms with Gasteiger partial charge in [-0.25, -0.2) is 18.3 Å². The lowest BCUT2D eigenvalue weighted by atomic mass is 9.97. The van der Waals surface area contributed by atoms with Crippen LogP contribution in [0.25, 0.3) is 11.2 Å². The van der Waals surface area contributed by atoms with E-state index in [2.05, 4.69) is 15.0 Å². The zero-order chi connectivity index (χ0) is 21.9. The smallest absolute Gasteiger partial charge is 0.475 e. The molecule has 0 spiro atoms. The van der Waals surface area contributed by atoms with Crippen LogP contribution in [0.4, 0.5) is 14.7 Å². The quantitative estimate of drug-likeness (QED) is 0.679. The lowest BCUT2D eigenvalue weighted by Gasteiger charge is -2.36. The molecule has 0 bridgehead atoms. The molecule has 166 valence electrons. The number of aromatic nitrogens is 4. The zero-order valence-electron chi connectivity index (χ0n) is 16.7. The van der Waals surface area contributed by atoms with Crippen molar-refractivity contribution in [2.45, 2.75) is 57.7 Å². The largest absolute Gasteiger partial charge is 0.476 e. The molecule has 2 saturated heterocycles. The van der Waals surface area contributed by atoms with Crippen LogP contribution in [0.15, 0.2) is 6.33 Å². The Bertz CT molecular complexity index is 1020. The molecule has 0 amide bonds. The number of hydrogen-bond donors (Lipinski definition) is 1. The summed E-state index contributed by atoms with van der Waals surface area (Å²) in [5.74, 6) is -2.77. The van der Waals surface area contributed by atoms with Gasteiger partial charge in [0.05, 0.1) is 19.0 Å². The van der Waals surface area contributed by atoms with Gasteiger partial charge in [-0.15, -0.1) is 0 Å². The molecule has 2 fully saturated rings. The minimum Gasteiger partial charge on any atom is -0.476 e. The Morgan fingerprint density at radius 1 is 1.43 bits per heavy atom. The predicted molar refractivity (Wildman–Crippen MR) is 99.0 cm³/mol. The monoisotopic (exact) mass is 449 g/mol. The summed E-state index contributed by atoms with van der Waals surface area (Å²) in [5.41, 5.74) is 3.49. The van der Waals surface area contributed by atoms with E-state index < -0.39 is 44.4 Å². The van der Waals surface area contributed by atoms with Crippen LogP contribution in [0.3, 0.4) is 0 Å². The number of rotatable bonds is 5. The van der Waals surface area contributed by atoms with E-state index in [9.17, 15) is 4.57 Å². The minimum atomic E-state index is -4.19. The van der Waals surface area contributed by atoms with Crippen LogP contribution in [0.2, 0.25) is 0 Å². The topological polar surface area (TPSA) is 133 Å². The number of ether oxygens (including phenoxy) is 2. The van der Waals surface area contributed by atoms with Gasteiger partial charge in [0.25, 0.3) is 5.85 Å². The first-order valence-corrected chi connectivity index (χ1v) is 10.7. The molecule has 2 aliphatic heterocycles. The fraction of sp³-hybridized carbons (Fsp3) is 0.688. The highest BCUT2D eigenvalue weighted by Gasteiger charge is 2.70. The summed E-state index contributed by atoms with van der Waals surface area (Å²) in [4.78, 5) is 12.2. The molecule has 2 aliphatic rings. The lowest BCUT2D eigenvalue weighted by Crippen LogP contribution is -2.51. The second kappa shape index (κ2) is 7.06. The summed E-state index contributed by atoms with van der Waals surface area (Å²) in [5, 5.41) is 0. The maximum absolute atomic E-state index is 15.9. The number of phosphoric ester groups is 1. The minimum absolute atomic E-state index is 0.0737.